The molecule has 11 heteroatoms. The number of aryl methyl sites for hydroxylation is 1. The lowest BCUT2D eigenvalue weighted by molar-refractivity contribution is -0.394. The summed E-state index contributed by atoms with van der Waals surface area (Å²) in [7, 11) is 3.34. The molecule has 160 valence electrons. The van der Waals surface area contributed by atoms with Crippen molar-refractivity contribution < 1.29 is 19.4 Å². The summed E-state index contributed by atoms with van der Waals surface area (Å²) in [6, 6.07) is 10.2. The van der Waals surface area contributed by atoms with Gasteiger partial charge in [0.1, 0.15) is 5.75 Å². The molecule has 3 aromatic rings. The highest BCUT2D eigenvalue weighted by Crippen LogP contribution is 2.28. The Balaban J connectivity index is 2.10. The molecule has 0 fully saturated rings. The number of amides is 1. The SMILES string of the molecule is CCc1sc(=NC(=O)c2cc([N+](=O)[O-])cc([N+](=O)[O-])c2)n(C)c1-c1ccc(OC)cc1. The summed E-state index contributed by atoms with van der Waals surface area (Å²) in [4.78, 5) is 38.8. The van der Waals surface area contributed by atoms with E-state index in [4.69, 9.17) is 4.74 Å². The number of nitrogens with zero attached hydrogens (tertiary/aromatic N) is 4. The number of nitro benzene ring substituents is 2. The van der Waals surface area contributed by atoms with Crippen molar-refractivity contribution in [3.63, 3.8) is 0 Å². The molecule has 0 N–H and O–H groups in total. The lowest BCUT2D eigenvalue weighted by Crippen LogP contribution is -2.14. The van der Waals surface area contributed by atoms with Gasteiger partial charge in [0.05, 0.1) is 34.3 Å². The summed E-state index contributed by atoms with van der Waals surface area (Å²) in [5.74, 6) is -0.0837. The van der Waals surface area contributed by atoms with Gasteiger partial charge in [-0.2, -0.15) is 4.99 Å². The Hall–Kier alpha value is -3.86. The van der Waals surface area contributed by atoms with Gasteiger partial charge in [-0.15, -0.1) is 11.3 Å². The molecule has 0 atom stereocenters. The number of hydrogen-bond acceptors (Lipinski definition) is 7. The van der Waals surface area contributed by atoms with E-state index in [1.165, 1.54) is 11.3 Å². The summed E-state index contributed by atoms with van der Waals surface area (Å²) < 4.78 is 6.95. The van der Waals surface area contributed by atoms with Gasteiger partial charge in [-0.3, -0.25) is 25.0 Å². The first kappa shape index (κ1) is 21.8. The second-order valence-electron chi connectivity index (χ2n) is 6.47. The number of benzene rings is 2. The van der Waals surface area contributed by atoms with Gasteiger partial charge in [-0.05, 0) is 36.2 Å². The van der Waals surface area contributed by atoms with Crippen LogP contribution in [0.2, 0.25) is 0 Å². The molecule has 1 heterocycles. The second kappa shape index (κ2) is 8.88. The Morgan fingerprint density at radius 1 is 1.10 bits per heavy atom. The minimum Gasteiger partial charge on any atom is -0.497 e. The predicted molar refractivity (Wildman–Crippen MR) is 114 cm³/mol. The van der Waals surface area contributed by atoms with Gasteiger partial charge in [0, 0.05) is 24.1 Å². The first-order chi connectivity index (χ1) is 14.7. The number of carbonyl (C=O) groups excluding carboxylic acids is 1. The molecule has 0 saturated heterocycles. The number of aromatic nitrogens is 1. The van der Waals surface area contributed by atoms with Gasteiger partial charge < -0.3 is 9.30 Å². The van der Waals surface area contributed by atoms with E-state index in [0.29, 0.717) is 17.0 Å². The van der Waals surface area contributed by atoms with Crippen molar-refractivity contribution in [2.45, 2.75) is 13.3 Å². The number of hydrogen-bond donors (Lipinski definition) is 0. The van der Waals surface area contributed by atoms with Gasteiger partial charge in [0.2, 0.25) is 0 Å². The fourth-order valence-corrected chi connectivity index (χ4v) is 4.10. The third kappa shape index (κ3) is 4.51. The average molecular weight is 442 g/mol. The van der Waals surface area contributed by atoms with Crippen LogP contribution in [0.15, 0.2) is 47.5 Å². The quantitative estimate of drug-likeness (QED) is 0.421. The maximum atomic E-state index is 12.7. The Morgan fingerprint density at radius 2 is 1.68 bits per heavy atom. The number of non-ortho nitro benzene ring substituents is 2. The number of methoxy groups -OCH3 is 1. The summed E-state index contributed by atoms with van der Waals surface area (Å²) in [5.41, 5.74) is 0.481. The van der Waals surface area contributed by atoms with E-state index in [1.54, 1.807) is 18.7 Å². The van der Waals surface area contributed by atoms with Crippen LogP contribution in [0, 0.1) is 20.2 Å². The third-order valence-corrected chi connectivity index (χ3v) is 5.83. The topological polar surface area (TPSA) is 130 Å². The molecule has 0 bridgehead atoms. The van der Waals surface area contributed by atoms with Crippen molar-refractivity contribution in [2.24, 2.45) is 12.0 Å². The van der Waals surface area contributed by atoms with E-state index in [2.05, 4.69) is 4.99 Å². The normalized spacial score (nSPS) is 11.4. The lowest BCUT2D eigenvalue weighted by atomic mass is 10.1. The van der Waals surface area contributed by atoms with Crippen LogP contribution < -0.4 is 9.54 Å². The zero-order valence-electron chi connectivity index (χ0n) is 16.9. The lowest BCUT2D eigenvalue weighted by Gasteiger charge is -2.07. The minimum absolute atomic E-state index is 0.224. The Labute approximate surface area is 180 Å². The highest BCUT2D eigenvalue weighted by atomic mass is 32.1. The molecule has 2 aromatic carbocycles. The molecule has 31 heavy (non-hydrogen) atoms. The number of nitro groups is 2. The summed E-state index contributed by atoms with van der Waals surface area (Å²) >= 11 is 1.31. The standard InChI is InChI=1S/C20H18N4O6S/c1-4-17-18(12-5-7-16(30-3)8-6-12)22(2)20(31-17)21-19(25)13-9-14(23(26)27)11-15(10-13)24(28)29/h5-11H,4H2,1-3H3. The number of thiazole rings is 1. The molecule has 0 unspecified atom stereocenters. The van der Waals surface area contributed by atoms with Crippen LogP contribution in [-0.4, -0.2) is 27.4 Å². The molecule has 0 aliphatic heterocycles. The highest BCUT2D eigenvalue weighted by Gasteiger charge is 2.20. The fourth-order valence-electron chi connectivity index (χ4n) is 3.03. The average Bonchev–Trinajstić information content (AvgIpc) is 3.08. The number of rotatable bonds is 6. The largest absolute Gasteiger partial charge is 0.497 e. The molecule has 1 aromatic heterocycles. The van der Waals surface area contributed by atoms with E-state index in [1.807, 2.05) is 31.2 Å². The van der Waals surface area contributed by atoms with Crippen molar-refractivity contribution in [2.75, 3.05) is 7.11 Å². The maximum absolute atomic E-state index is 12.7. The van der Waals surface area contributed by atoms with E-state index >= 15 is 0 Å². The Bertz CT molecular complexity index is 1210. The van der Waals surface area contributed by atoms with Crippen LogP contribution in [0.4, 0.5) is 11.4 Å². The van der Waals surface area contributed by atoms with Gasteiger partial charge in [-0.1, -0.05) is 6.92 Å². The molecule has 0 aliphatic rings. The summed E-state index contributed by atoms with van der Waals surface area (Å²) in [5, 5.41) is 22.2. The number of ether oxygens (including phenoxy) is 1. The van der Waals surface area contributed by atoms with Crippen molar-refractivity contribution in [3.05, 3.63) is 77.9 Å². The van der Waals surface area contributed by atoms with Gasteiger partial charge in [0.25, 0.3) is 17.3 Å². The smallest absolute Gasteiger partial charge is 0.280 e. The molecule has 0 radical (unpaired) electrons. The highest BCUT2D eigenvalue weighted by molar-refractivity contribution is 7.09. The Morgan fingerprint density at radius 3 is 2.16 bits per heavy atom. The van der Waals surface area contributed by atoms with Crippen molar-refractivity contribution >= 4 is 28.6 Å². The zero-order valence-corrected chi connectivity index (χ0v) is 17.7. The van der Waals surface area contributed by atoms with Crippen molar-refractivity contribution in [1.82, 2.24) is 4.57 Å². The van der Waals surface area contributed by atoms with Crippen LogP contribution in [0.25, 0.3) is 11.3 Å². The van der Waals surface area contributed by atoms with Crippen LogP contribution in [0.3, 0.4) is 0 Å². The monoisotopic (exact) mass is 442 g/mol. The van der Waals surface area contributed by atoms with Crippen LogP contribution >= 0.6 is 11.3 Å². The van der Waals surface area contributed by atoms with E-state index in [-0.39, 0.29) is 5.56 Å². The van der Waals surface area contributed by atoms with E-state index < -0.39 is 27.1 Å². The Kier molecular flexibility index (Phi) is 6.25. The minimum atomic E-state index is -0.799. The van der Waals surface area contributed by atoms with Crippen molar-refractivity contribution in [3.8, 4) is 17.0 Å². The van der Waals surface area contributed by atoms with E-state index in [9.17, 15) is 25.0 Å². The third-order valence-electron chi connectivity index (χ3n) is 4.55. The van der Waals surface area contributed by atoms with Crippen molar-refractivity contribution in [1.29, 1.82) is 0 Å². The molecular weight excluding hydrogens is 424 g/mol. The summed E-state index contributed by atoms with van der Waals surface area (Å²) in [6.07, 6.45) is 0.700. The first-order valence-electron chi connectivity index (χ1n) is 9.11. The van der Waals surface area contributed by atoms with Crippen LogP contribution in [0.5, 0.6) is 5.75 Å². The molecule has 10 nitrogen and oxygen atoms in total. The van der Waals surface area contributed by atoms with E-state index in [0.717, 1.165) is 34.3 Å². The fraction of sp³-hybridized carbons (Fsp3) is 0.200. The molecular formula is C20H18N4O6S. The number of carbonyl (C=O) groups is 1. The van der Waals surface area contributed by atoms with Gasteiger partial charge in [-0.25, -0.2) is 0 Å². The predicted octanol–water partition coefficient (Wildman–Crippen LogP) is 3.88. The molecule has 0 aliphatic carbocycles. The second-order valence-corrected chi connectivity index (χ2v) is 7.53. The van der Waals surface area contributed by atoms with Crippen LogP contribution in [-0.2, 0) is 13.5 Å². The molecule has 0 saturated carbocycles. The zero-order chi connectivity index (χ0) is 22.7. The van der Waals surface area contributed by atoms with Gasteiger partial charge in [0.15, 0.2) is 4.80 Å². The molecule has 0 spiro atoms. The molecule has 1 amide bonds. The maximum Gasteiger partial charge on any atom is 0.280 e. The first-order valence-corrected chi connectivity index (χ1v) is 9.92. The van der Waals surface area contributed by atoms with Crippen LogP contribution in [0.1, 0.15) is 22.2 Å². The summed E-state index contributed by atoms with van der Waals surface area (Å²) in [6.45, 7) is 1.98. The van der Waals surface area contributed by atoms with Gasteiger partial charge >= 0.3 is 0 Å². The molecule has 3 rings (SSSR count).